The Morgan fingerprint density at radius 2 is 2.39 bits per heavy atom. The molecular weight excluding hydrogens is 310 g/mol. The molecule has 1 atom stereocenters. The van der Waals surface area contributed by atoms with Crippen LogP contribution in [0, 0.1) is 5.92 Å². The van der Waals surface area contributed by atoms with Crippen molar-refractivity contribution in [1.29, 1.82) is 0 Å². The van der Waals surface area contributed by atoms with Crippen LogP contribution >= 0.6 is 11.3 Å². The fourth-order valence-electron chi connectivity index (χ4n) is 3.23. The first-order valence-electron chi connectivity index (χ1n) is 8.41. The largest absolute Gasteiger partial charge is 0.380 e. The van der Waals surface area contributed by atoms with E-state index in [1.54, 1.807) is 18.4 Å². The average Bonchev–Trinajstić information content (AvgIpc) is 2.96. The Morgan fingerprint density at radius 1 is 1.52 bits per heavy atom. The van der Waals surface area contributed by atoms with E-state index < -0.39 is 0 Å². The molecule has 0 spiro atoms. The summed E-state index contributed by atoms with van der Waals surface area (Å²) in [5.74, 6) is 0.776. The highest BCUT2D eigenvalue weighted by Crippen LogP contribution is 2.33. The third-order valence-electron chi connectivity index (χ3n) is 4.75. The number of carbonyl (C=O) groups is 1. The van der Waals surface area contributed by atoms with Gasteiger partial charge in [0.25, 0.3) is 0 Å². The highest BCUT2D eigenvalue weighted by Gasteiger charge is 2.23. The van der Waals surface area contributed by atoms with E-state index in [1.165, 1.54) is 29.0 Å². The van der Waals surface area contributed by atoms with Crippen LogP contribution in [0.3, 0.4) is 0 Å². The molecule has 1 aliphatic carbocycles. The number of aryl methyl sites for hydroxylation is 1. The number of hydrogen-bond donors (Lipinski definition) is 1. The molecule has 0 fully saturated rings. The molecule has 0 radical (unpaired) electrons. The molecule has 0 saturated carbocycles. The summed E-state index contributed by atoms with van der Waals surface area (Å²) < 4.78 is 5.14. The van der Waals surface area contributed by atoms with Crippen molar-refractivity contribution in [3.8, 4) is 0 Å². The minimum absolute atomic E-state index is 0.0455. The van der Waals surface area contributed by atoms with Crippen molar-refractivity contribution in [2.75, 3.05) is 32.1 Å². The summed E-state index contributed by atoms with van der Waals surface area (Å²) in [6, 6.07) is -0.0455. The lowest BCUT2D eigenvalue weighted by atomic mass is 9.89. The predicted octanol–water partition coefficient (Wildman–Crippen LogP) is 3.47. The lowest BCUT2D eigenvalue weighted by Crippen LogP contribution is -2.38. The van der Waals surface area contributed by atoms with Gasteiger partial charge in [-0.15, -0.1) is 11.3 Å². The summed E-state index contributed by atoms with van der Waals surface area (Å²) in [6.07, 6.45) is 7.58. The number of amides is 2. The smallest absolute Gasteiger partial charge is 0.323 e. The zero-order valence-corrected chi connectivity index (χ0v) is 14.7. The van der Waals surface area contributed by atoms with Crippen LogP contribution in [0.5, 0.6) is 0 Å². The maximum absolute atomic E-state index is 12.4. The van der Waals surface area contributed by atoms with Gasteiger partial charge in [0.1, 0.15) is 0 Å². The minimum Gasteiger partial charge on any atom is -0.380 e. The van der Waals surface area contributed by atoms with Gasteiger partial charge in [-0.3, -0.25) is 5.32 Å². The standard InChI is InChI=1S/C17H25N3O2S/c1-3-12-4-5-14-15(10-12)23-16(18-14)19-17(21)20-8-6-13(7-9-20)11-22-2/h6,12H,3-5,7-11H2,1-2H3,(H,18,19,21)/t12-/m1/s1. The van der Waals surface area contributed by atoms with Gasteiger partial charge in [0.05, 0.1) is 12.3 Å². The summed E-state index contributed by atoms with van der Waals surface area (Å²) >= 11 is 1.65. The van der Waals surface area contributed by atoms with E-state index in [9.17, 15) is 4.79 Å². The van der Waals surface area contributed by atoms with E-state index in [0.717, 1.165) is 36.9 Å². The second-order valence-electron chi connectivity index (χ2n) is 6.33. The highest BCUT2D eigenvalue weighted by atomic mass is 32.1. The Kier molecular flexibility index (Phi) is 5.33. The number of thiazole rings is 1. The van der Waals surface area contributed by atoms with Crippen LogP contribution in [0.4, 0.5) is 9.93 Å². The van der Waals surface area contributed by atoms with Crippen LogP contribution in [0.25, 0.3) is 0 Å². The predicted molar refractivity (Wildman–Crippen MR) is 93.1 cm³/mol. The molecule has 1 aliphatic heterocycles. The number of methoxy groups -OCH3 is 1. The van der Waals surface area contributed by atoms with Crippen molar-refractivity contribution in [2.45, 2.75) is 39.0 Å². The summed E-state index contributed by atoms with van der Waals surface area (Å²) in [6.45, 7) is 4.30. The van der Waals surface area contributed by atoms with Crippen LogP contribution in [0.2, 0.25) is 0 Å². The number of fused-ring (bicyclic) bond motifs is 1. The van der Waals surface area contributed by atoms with Gasteiger partial charge in [0, 0.05) is 25.1 Å². The fraction of sp³-hybridized carbons (Fsp3) is 0.647. The Balaban J connectivity index is 1.58. The van der Waals surface area contributed by atoms with E-state index >= 15 is 0 Å². The normalized spacial score (nSPS) is 20.9. The van der Waals surface area contributed by atoms with E-state index in [2.05, 4.69) is 23.3 Å². The molecule has 5 nitrogen and oxygen atoms in total. The maximum atomic E-state index is 12.4. The number of ether oxygens (including phenoxy) is 1. The number of nitrogens with one attached hydrogen (secondary N) is 1. The van der Waals surface area contributed by atoms with Gasteiger partial charge in [-0.2, -0.15) is 0 Å². The zero-order chi connectivity index (χ0) is 16.2. The summed E-state index contributed by atoms with van der Waals surface area (Å²) in [5.41, 5.74) is 2.46. The first-order valence-corrected chi connectivity index (χ1v) is 9.22. The molecule has 0 saturated heterocycles. The topological polar surface area (TPSA) is 54.5 Å². The summed E-state index contributed by atoms with van der Waals surface area (Å²) in [7, 11) is 1.70. The number of urea groups is 1. The third-order valence-corrected chi connectivity index (χ3v) is 5.79. The van der Waals surface area contributed by atoms with Crippen LogP contribution in [0.1, 0.15) is 36.8 Å². The highest BCUT2D eigenvalue weighted by molar-refractivity contribution is 7.15. The molecule has 0 unspecified atom stereocenters. The Hall–Kier alpha value is -1.40. The molecule has 6 heteroatoms. The Morgan fingerprint density at radius 3 is 3.09 bits per heavy atom. The SMILES string of the molecule is CC[C@@H]1CCc2nc(NC(=O)N3CC=C(COC)CC3)sc2C1. The molecule has 126 valence electrons. The lowest BCUT2D eigenvalue weighted by molar-refractivity contribution is 0.203. The first kappa shape index (κ1) is 16.5. The Bertz CT molecular complexity index is 597. The van der Waals surface area contributed by atoms with Gasteiger partial charge in [0.15, 0.2) is 5.13 Å². The van der Waals surface area contributed by atoms with Crippen molar-refractivity contribution in [3.63, 3.8) is 0 Å². The van der Waals surface area contributed by atoms with Crippen LogP contribution in [0.15, 0.2) is 11.6 Å². The zero-order valence-electron chi connectivity index (χ0n) is 13.9. The van der Waals surface area contributed by atoms with Crippen LogP contribution < -0.4 is 5.32 Å². The van der Waals surface area contributed by atoms with E-state index in [1.807, 2.05) is 4.90 Å². The third kappa shape index (κ3) is 3.93. The molecule has 2 heterocycles. The molecule has 1 aromatic rings. The molecule has 23 heavy (non-hydrogen) atoms. The van der Waals surface area contributed by atoms with Crippen molar-refractivity contribution < 1.29 is 9.53 Å². The number of hydrogen-bond acceptors (Lipinski definition) is 4. The van der Waals surface area contributed by atoms with Crippen LogP contribution in [-0.4, -0.2) is 42.7 Å². The maximum Gasteiger partial charge on any atom is 0.323 e. The quantitative estimate of drug-likeness (QED) is 0.857. The van der Waals surface area contributed by atoms with Crippen molar-refractivity contribution in [3.05, 3.63) is 22.2 Å². The molecule has 1 aromatic heterocycles. The molecule has 0 bridgehead atoms. The molecule has 0 aromatic carbocycles. The second-order valence-corrected chi connectivity index (χ2v) is 7.41. The van der Waals surface area contributed by atoms with Crippen molar-refractivity contribution >= 4 is 22.5 Å². The number of rotatable bonds is 4. The number of nitrogens with zero attached hydrogens (tertiary/aromatic N) is 2. The number of carbonyl (C=O) groups excluding carboxylic acids is 1. The van der Waals surface area contributed by atoms with Crippen LogP contribution in [-0.2, 0) is 17.6 Å². The van der Waals surface area contributed by atoms with Crippen molar-refractivity contribution in [1.82, 2.24) is 9.88 Å². The number of anilines is 1. The summed E-state index contributed by atoms with van der Waals surface area (Å²) in [5, 5.41) is 3.74. The van der Waals surface area contributed by atoms with E-state index in [0.29, 0.717) is 13.2 Å². The minimum atomic E-state index is -0.0455. The van der Waals surface area contributed by atoms with E-state index in [-0.39, 0.29) is 6.03 Å². The number of aromatic nitrogens is 1. The van der Waals surface area contributed by atoms with Gasteiger partial charge in [-0.05, 0) is 37.2 Å². The van der Waals surface area contributed by atoms with Crippen molar-refractivity contribution in [2.24, 2.45) is 5.92 Å². The molecule has 1 N–H and O–H groups in total. The van der Waals surface area contributed by atoms with Gasteiger partial charge in [-0.25, -0.2) is 9.78 Å². The molecular formula is C17H25N3O2S. The van der Waals surface area contributed by atoms with E-state index in [4.69, 9.17) is 4.74 Å². The average molecular weight is 335 g/mol. The fourth-order valence-corrected chi connectivity index (χ4v) is 4.34. The molecule has 2 aliphatic rings. The van der Waals surface area contributed by atoms with Gasteiger partial charge in [-0.1, -0.05) is 19.4 Å². The van der Waals surface area contributed by atoms with Gasteiger partial charge < -0.3 is 9.64 Å². The molecule has 2 amide bonds. The first-order chi connectivity index (χ1) is 11.2. The molecule has 3 rings (SSSR count). The summed E-state index contributed by atoms with van der Waals surface area (Å²) in [4.78, 5) is 20.2. The Labute approximate surface area is 141 Å². The second kappa shape index (κ2) is 7.45. The lowest BCUT2D eigenvalue weighted by Gasteiger charge is -2.26. The monoisotopic (exact) mass is 335 g/mol. The van der Waals surface area contributed by atoms with Gasteiger partial charge >= 0.3 is 6.03 Å². The van der Waals surface area contributed by atoms with Gasteiger partial charge in [0.2, 0.25) is 0 Å².